The third kappa shape index (κ3) is 4.77. The molecule has 0 spiro atoms. The van der Waals surface area contributed by atoms with Crippen LogP contribution in [0.5, 0.6) is 0 Å². The number of aliphatic hydroxyl groups excluding tert-OH is 1. The Balaban J connectivity index is 2.35. The summed E-state index contributed by atoms with van der Waals surface area (Å²) in [6, 6.07) is 3.28. The van der Waals surface area contributed by atoms with Crippen LogP contribution in [-0.2, 0) is 16.1 Å². The molecule has 1 unspecified atom stereocenters. The second kappa shape index (κ2) is 7.03. The second-order valence-corrected chi connectivity index (χ2v) is 3.80. The van der Waals surface area contributed by atoms with Crippen LogP contribution in [0, 0.1) is 11.6 Å². The molecule has 0 aliphatic heterocycles. The van der Waals surface area contributed by atoms with Gasteiger partial charge in [0.05, 0.1) is 19.6 Å². The third-order valence-electron chi connectivity index (χ3n) is 2.34. The van der Waals surface area contributed by atoms with Gasteiger partial charge in [-0.25, -0.2) is 8.78 Å². The fraction of sp³-hybridized carbons (Fsp3) is 0.417. The summed E-state index contributed by atoms with van der Waals surface area (Å²) in [6.07, 6.45) is -1.03. The summed E-state index contributed by atoms with van der Waals surface area (Å²) < 4.78 is 30.2. The summed E-state index contributed by atoms with van der Waals surface area (Å²) in [5.74, 6) is -1.80. The Morgan fingerprint density at radius 3 is 2.83 bits per heavy atom. The highest BCUT2D eigenvalue weighted by Gasteiger charge is 2.11. The minimum atomic E-state index is -0.902. The number of rotatable bonds is 6. The van der Waals surface area contributed by atoms with Crippen LogP contribution in [-0.4, -0.2) is 30.8 Å². The van der Waals surface area contributed by atoms with Crippen molar-refractivity contribution < 1.29 is 23.4 Å². The van der Waals surface area contributed by atoms with E-state index >= 15 is 0 Å². The summed E-state index contributed by atoms with van der Waals surface area (Å²) in [4.78, 5) is 10.8. The van der Waals surface area contributed by atoms with Gasteiger partial charge < -0.3 is 15.2 Å². The molecule has 0 saturated heterocycles. The lowest BCUT2D eigenvalue weighted by molar-refractivity contribution is -0.142. The third-order valence-corrected chi connectivity index (χ3v) is 2.34. The zero-order valence-corrected chi connectivity index (χ0v) is 9.95. The number of ether oxygens (including phenoxy) is 1. The maximum atomic E-state index is 13.2. The van der Waals surface area contributed by atoms with Gasteiger partial charge in [-0.3, -0.25) is 4.79 Å². The number of carbonyl (C=O) groups excluding carboxylic acids is 1. The van der Waals surface area contributed by atoms with E-state index < -0.39 is 23.7 Å². The lowest BCUT2D eigenvalue weighted by Crippen LogP contribution is -2.29. The van der Waals surface area contributed by atoms with E-state index in [1.54, 1.807) is 0 Å². The molecule has 2 N–H and O–H groups in total. The number of benzene rings is 1. The van der Waals surface area contributed by atoms with Crippen molar-refractivity contribution in [1.82, 2.24) is 5.32 Å². The number of aliphatic hydroxyl groups is 1. The summed E-state index contributed by atoms with van der Waals surface area (Å²) in [5, 5.41) is 12.2. The lowest BCUT2D eigenvalue weighted by Gasteiger charge is -2.11. The predicted octanol–water partition coefficient (Wildman–Crippen LogP) is 0.978. The highest BCUT2D eigenvalue weighted by molar-refractivity contribution is 5.69. The molecule has 0 amide bonds. The SMILES string of the molecule is COC(=O)CC(O)CNCc1ccc(F)cc1F. The lowest BCUT2D eigenvalue weighted by atomic mass is 10.2. The van der Waals surface area contributed by atoms with Crippen molar-refractivity contribution in [3.8, 4) is 0 Å². The molecule has 1 rings (SSSR count). The van der Waals surface area contributed by atoms with Gasteiger partial charge in [0, 0.05) is 24.7 Å². The van der Waals surface area contributed by atoms with E-state index in [-0.39, 0.29) is 19.5 Å². The molecule has 1 aromatic rings. The molecule has 0 aromatic heterocycles. The Labute approximate surface area is 104 Å². The van der Waals surface area contributed by atoms with Crippen LogP contribution >= 0.6 is 0 Å². The van der Waals surface area contributed by atoms with Crippen LogP contribution in [0.1, 0.15) is 12.0 Å². The quantitative estimate of drug-likeness (QED) is 0.748. The molecule has 18 heavy (non-hydrogen) atoms. The molecule has 0 radical (unpaired) electrons. The van der Waals surface area contributed by atoms with Gasteiger partial charge >= 0.3 is 5.97 Å². The first-order valence-electron chi connectivity index (χ1n) is 5.42. The van der Waals surface area contributed by atoms with Crippen molar-refractivity contribution in [1.29, 1.82) is 0 Å². The van der Waals surface area contributed by atoms with Crippen LogP contribution in [0.2, 0.25) is 0 Å². The molecule has 0 aliphatic rings. The average molecular weight is 259 g/mol. The maximum Gasteiger partial charge on any atom is 0.308 e. The molecule has 1 atom stereocenters. The first-order chi connectivity index (χ1) is 8.52. The number of carbonyl (C=O) groups is 1. The monoisotopic (exact) mass is 259 g/mol. The van der Waals surface area contributed by atoms with E-state index in [2.05, 4.69) is 10.1 Å². The molecule has 4 nitrogen and oxygen atoms in total. The van der Waals surface area contributed by atoms with Crippen molar-refractivity contribution in [2.45, 2.75) is 19.1 Å². The molecule has 0 aliphatic carbocycles. The first kappa shape index (κ1) is 14.5. The molecule has 6 heteroatoms. The van der Waals surface area contributed by atoms with Crippen molar-refractivity contribution in [2.75, 3.05) is 13.7 Å². The minimum absolute atomic E-state index is 0.117. The summed E-state index contributed by atoms with van der Waals surface area (Å²) >= 11 is 0. The van der Waals surface area contributed by atoms with E-state index in [1.807, 2.05) is 0 Å². The Bertz CT molecular complexity index is 412. The van der Waals surface area contributed by atoms with Crippen LogP contribution in [0.15, 0.2) is 18.2 Å². The predicted molar refractivity (Wildman–Crippen MR) is 60.7 cm³/mol. The number of hydrogen-bond acceptors (Lipinski definition) is 4. The summed E-state index contributed by atoms with van der Waals surface area (Å²) in [6.45, 7) is 0.260. The summed E-state index contributed by atoms with van der Waals surface area (Å²) in [5.41, 5.74) is 0.293. The van der Waals surface area contributed by atoms with Crippen molar-refractivity contribution >= 4 is 5.97 Å². The standard InChI is InChI=1S/C12H15F2NO3/c1-18-12(17)5-10(16)7-15-6-8-2-3-9(13)4-11(8)14/h2-4,10,15-16H,5-7H2,1H3. The van der Waals surface area contributed by atoms with Gasteiger partial charge in [0.25, 0.3) is 0 Å². The van der Waals surface area contributed by atoms with Crippen molar-refractivity contribution in [2.24, 2.45) is 0 Å². The Hall–Kier alpha value is -1.53. The van der Waals surface area contributed by atoms with E-state index in [0.29, 0.717) is 5.56 Å². The number of hydrogen-bond donors (Lipinski definition) is 2. The molecule has 100 valence electrons. The fourth-order valence-corrected chi connectivity index (χ4v) is 1.39. The minimum Gasteiger partial charge on any atom is -0.469 e. The van der Waals surface area contributed by atoms with Gasteiger partial charge in [-0.2, -0.15) is 0 Å². The maximum absolute atomic E-state index is 13.2. The average Bonchev–Trinajstić information content (AvgIpc) is 2.31. The fourth-order valence-electron chi connectivity index (χ4n) is 1.39. The zero-order valence-electron chi connectivity index (χ0n) is 9.95. The molecule has 0 heterocycles. The Morgan fingerprint density at radius 2 is 2.22 bits per heavy atom. The molecule has 0 bridgehead atoms. The smallest absolute Gasteiger partial charge is 0.308 e. The van der Waals surface area contributed by atoms with Gasteiger partial charge in [-0.15, -0.1) is 0 Å². The molecule has 1 aromatic carbocycles. The van der Waals surface area contributed by atoms with E-state index in [0.717, 1.165) is 12.1 Å². The normalized spacial score (nSPS) is 12.2. The van der Waals surface area contributed by atoms with E-state index in [1.165, 1.54) is 13.2 Å². The Morgan fingerprint density at radius 1 is 1.50 bits per heavy atom. The molecule has 0 saturated carbocycles. The largest absolute Gasteiger partial charge is 0.469 e. The Kier molecular flexibility index (Phi) is 5.67. The summed E-state index contributed by atoms with van der Waals surface area (Å²) in [7, 11) is 1.23. The van der Waals surface area contributed by atoms with Gasteiger partial charge in [0.15, 0.2) is 0 Å². The molecular formula is C12H15F2NO3. The topological polar surface area (TPSA) is 58.6 Å². The number of methoxy groups -OCH3 is 1. The molecular weight excluding hydrogens is 244 g/mol. The van der Waals surface area contributed by atoms with Crippen LogP contribution < -0.4 is 5.32 Å². The highest BCUT2D eigenvalue weighted by Crippen LogP contribution is 2.09. The van der Waals surface area contributed by atoms with E-state index in [4.69, 9.17) is 0 Å². The second-order valence-electron chi connectivity index (χ2n) is 3.80. The van der Waals surface area contributed by atoms with Gasteiger partial charge in [0.1, 0.15) is 11.6 Å². The number of esters is 1. The van der Waals surface area contributed by atoms with Gasteiger partial charge in [-0.1, -0.05) is 6.07 Å². The number of halogens is 2. The van der Waals surface area contributed by atoms with Crippen molar-refractivity contribution in [3.63, 3.8) is 0 Å². The van der Waals surface area contributed by atoms with Gasteiger partial charge in [0.2, 0.25) is 0 Å². The first-order valence-corrected chi connectivity index (χ1v) is 5.42. The molecule has 0 fully saturated rings. The van der Waals surface area contributed by atoms with E-state index in [9.17, 15) is 18.7 Å². The van der Waals surface area contributed by atoms with Crippen molar-refractivity contribution in [3.05, 3.63) is 35.4 Å². The highest BCUT2D eigenvalue weighted by atomic mass is 19.1. The van der Waals surface area contributed by atoms with Gasteiger partial charge in [-0.05, 0) is 6.07 Å². The number of nitrogens with one attached hydrogen (secondary N) is 1. The van der Waals surface area contributed by atoms with Crippen LogP contribution in [0.3, 0.4) is 0 Å². The van der Waals surface area contributed by atoms with Crippen LogP contribution in [0.25, 0.3) is 0 Å². The zero-order chi connectivity index (χ0) is 13.5. The van der Waals surface area contributed by atoms with Crippen LogP contribution in [0.4, 0.5) is 8.78 Å².